The number of carbonyl (C=O) groups is 2. The van der Waals surface area contributed by atoms with Crippen molar-refractivity contribution in [3.8, 4) is 0 Å². The van der Waals surface area contributed by atoms with Gasteiger partial charge in [-0.25, -0.2) is 0 Å². The molecule has 25 heavy (non-hydrogen) atoms. The molecular formula is C20H27N3O2. The summed E-state index contributed by atoms with van der Waals surface area (Å²) in [4.78, 5) is 28.3. The molecule has 0 saturated heterocycles. The van der Waals surface area contributed by atoms with Gasteiger partial charge < -0.3 is 11.1 Å². The van der Waals surface area contributed by atoms with Crippen molar-refractivity contribution in [3.05, 3.63) is 42.1 Å². The van der Waals surface area contributed by atoms with Crippen LogP contribution in [0, 0.1) is 0 Å². The van der Waals surface area contributed by atoms with Crippen molar-refractivity contribution in [1.29, 1.82) is 0 Å². The molecule has 0 aliphatic rings. The maximum atomic E-state index is 12.4. The van der Waals surface area contributed by atoms with Crippen LogP contribution >= 0.6 is 0 Å². The Morgan fingerprint density at radius 1 is 1.12 bits per heavy atom. The number of fused-ring (bicyclic) bond motifs is 1. The van der Waals surface area contributed by atoms with Crippen LogP contribution in [0.5, 0.6) is 0 Å². The molecule has 1 aromatic heterocycles. The fourth-order valence-corrected chi connectivity index (χ4v) is 2.85. The first-order valence-corrected chi connectivity index (χ1v) is 9.06. The average molecular weight is 341 g/mol. The number of pyridine rings is 1. The lowest BCUT2D eigenvalue weighted by Gasteiger charge is -2.15. The fourth-order valence-electron chi connectivity index (χ4n) is 2.85. The number of primary amides is 1. The molecule has 2 amide bonds. The highest BCUT2D eigenvalue weighted by molar-refractivity contribution is 5.99. The zero-order valence-electron chi connectivity index (χ0n) is 14.8. The van der Waals surface area contributed by atoms with Crippen LogP contribution < -0.4 is 11.1 Å². The number of nitrogens with zero attached hydrogens (tertiary/aromatic N) is 1. The van der Waals surface area contributed by atoms with Crippen molar-refractivity contribution in [2.75, 3.05) is 0 Å². The third kappa shape index (κ3) is 5.85. The summed E-state index contributed by atoms with van der Waals surface area (Å²) in [6.45, 7) is 2.18. The molecule has 2 aromatic rings. The number of rotatable bonds is 10. The lowest BCUT2D eigenvalue weighted by atomic mass is 10.0. The number of para-hydroxylation sites is 1. The molecule has 0 fully saturated rings. The molecule has 1 heterocycles. The van der Waals surface area contributed by atoms with Crippen LogP contribution in [0.3, 0.4) is 0 Å². The minimum absolute atomic E-state index is 0.312. The highest BCUT2D eigenvalue weighted by atomic mass is 16.2. The van der Waals surface area contributed by atoms with E-state index in [0.29, 0.717) is 12.0 Å². The highest BCUT2D eigenvalue weighted by Crippen LogP contribution is 2.13. The largest absolute Gasteiger partial charge is 0.368 e. The molecule has 1 aromatic carbocycles. The van der Waals surface area contributed by atoms with Gasteiger partial charge in [0.15, 0.2) is 0 Å². The Hall–Kier alpha value is -2.43. The zero-order chi connectivity index (χ0) is 18.1. The number of aromatic nitrogens is 1. The van der Waals surface area contributed by atoms with E-state index in [1.54, 1.807) is 6.07 Å². The average Bonchev–Trinajstić information content (AvgIpc) is 2.62. The molecule has 0 unspecified atom stereocenters. The third-order valence-corrected chi connectivity index (χ3v) is 4.35. The summed E-state index contributed by atoms with van der Waals surface area (Å²) < 4.78 is 0. The maximum absolute atomic E-state index is 12.4. The van der Waals surface area contributed by atoms with E-state index < -0.39 is 11.9 Å². The summed E-state index contributed by atoms with van der Waals surface area (Å²) in [6, 6.07) is 8.74. The smallest absolute Gasteiger partial charge is 0.253 e. The van der Waals surface area contributed by atoms with Crippen LogP contribution in [-0.4, -0.2) is 22.8 Å². The van der Waals surface area contributed by atoms with Gasteiger partial charge in [-0.1, -0.05) is 63.6 Å². The van der Waals surface area contributed by atoms with Gasteiger partial charge in [-0.3, -0.25) is 14.6 Å². The molecule has 0 radical (unpaired) electrons. The molecule has 0 saturated carbocycles. The van der Waals surface area contributed by atoms with Gasteiger partial charge in [0.05, 0.1) is 11.1 Å². The minimum atomic E-state index is -0.634. The Bertz CT molecular complexity index is 715. The predicted molar refractivity (Wildman–Crippen MR) is 100 cm³/mol. The molecule has 2 rings (SSSR count). The van der Waals surface area contributed by atoms with Gasteiger partial charge in [0, 0.05) is 11.6 Å². The van der Waals surface area contributed by atoms with Gasteiger partial charge in [-0.15, -0.1) is 0 Å². The van der Waals surface area contributed by atoms with Crippen LogP contribution in [0.4, 0.5) is 0 Å². The molecule has 0 spiro atoms. The number of amides is 2. The molecule has 0 aliphatic heterocycles. The minimum Gasteiger partial charge on any atom is -0.368 e. The summed E-state index contributed by atoms with van der Waals surface area (Å²) in [5.41, 5.74) is 6.72. The van der Waals surface area contributed by atoms with Crippen LogP contribution in [0.15, 0.2) is 36.5 Å². The van der Waals surface area contributed by atoms with E-state index >= 15 is 0 Å². The van der Waals surface area contributed by atoms with Crippen LogP contribution in [-0.2, 0) is 4.79 Å². The van der Waals surface area contributed by atoms with Gasteiger partial charge in [-0.05, 0) is 18.6 Å². The summed E-state index contributed by atoms with van der Waals surface area (Å²) in [5.74, 6) is -0.802. The molecular weight excluding hydrogens is 314 g/mol. The van der Waals surface area contributed by atoms with E-state index in [4.69, 9.17) is 5.73 Å². The van der Waals surface area contributed by atoms with Crippen molar-refractivity contribution >= 4 is 22.7 Å². The predicted octanol–water partition coefficient (Wildman–Crippen LogP) is 3.57. The number of nitrogens with one attached hydrogen (secondary N) is 1. The number of benzene rings is 1. The van der Waals surface area contributed by atoms with E-state index in [9.17, 15) is 9.59 Å². The summed E-state index contributed by atoms with van der Waals surface area (Å²) in [5, 5.41) is 3.64. The Morgan fingerprint density at radius 2 is 1.84 bits per heavy atom. The highest BCUT2D eigenvalue weighted by Gasteiger charge is 2.18. The number of unbranched alkanes of at least 4 members (excludes halogenated alkanes) is 5. The van der Waals surface area contributed by atoms with Gasteiger partial charge in [0.1, 0.15) is 6.04 Å². The molecule has 0 bridgehead atoms. The number of hydrogen-bond donors (Lipinski definition) is 2. The first kappa shape index (κ1) is 18.9. The van der Waals surface area contributed by atoms with Crippen molar-refractivity contribution in [1.82, 2.24) is 10.3 Å². The molecule has 5 heteroatoms. The number of hydrogen-bond acceptors (Lipinski definition) is 3. The van der Waals surface area contributed by atoms with Crippen molar-refractivity contribution < 1.29 is 9.59 Å². The second kappa shape index (κ2) is 9.77. The summed E-state index contributed by atoms with van der Waals surface area (Å²) in [6.07, 6.45) is 8.86. The fraction of sp³-hybridized carbons (Fsp3) is 0.450. The Balaban J connectivity index is 1.91. The SMILES string of the molecule is CCCCCCCC[C@H](NC(=O)c1cnc2ccccc2c1)C(N)=O. The zero-order valence-corrected chi connectivity index (χ0v) is 14.8. The van der Waals surface area contributed by atoms with Gasteiger partial charge in [0.2, 0.25) is 5.91 Å². The van der Waals surface area contributed by atoms with Gasteiger partial charge >= 0.3 is 0 Å². The normalized spacial score (nSPS) is 12.0. The second-order valence-electron chi connectivity index (χ2n) is 6.40. The first-order valence-electron chi connectivity index (χ1n) is 9.06. The van der Waals surface area contributed by atoms with E-state index in [1.165, 1.54) is 25.5 Å². The van der Waals surface area contributed by atoms with E-state index in [0.717, 1.165) is 30.2 Å². The Morgan fingerprint density at radius 3 is 2.60 bits per heavy atom. The third-order valence-electron chi connectivity index (χ3n) is 4.35. The van der Waals surface area contributed by atoms with Gasteiger partial charge in [-0.2, -0.15) is 0 Å². The standard InChI is InChI=1S/C20H27N3O2/c1-2-3-4-5-6-7-12-18(19(21)24)23-20(25)16-13-15-10-8-9-11-17(15)22-14-16/h8-11,13-14,18H,2-7,12H2,1H3,(H2,21,24)(H,23,25)/t18-/m0/s1. The van der Waals surface area contributed by atoms with Crippen LogP contribution in [0.1, 0.15) is 62.2 Å². The first-order chi connectivity index (χ1) is 12.1. The molecule has 5 nitrogen and oxygen atoms in total. The topological polar surface area (TPSA) is 85.1 Å². The van der Waals surface area contributed by atoms with E-state index in [2.05, 4.69) is 17.2 Å². The molecule has 134 valence electrons. The Kier molecular flexibility index (Phi) is 7.38. The monoisotopic (exact) mass is 341 g/mol. The van der Waals surface area contributed by atoms with E-state index in [-0.39, 0.29) is 5.91 Å². The van der Waals surface area contributed by atoms with Crippen molar-refractivity contribution in [3.63, 3.8) is 0 Å². The van der Waals surface area contributed by atoms with Crippen LogP contribution in [0.2, 0.25) is 0 Å². The molecule has 0 aliphatic carbocycles. The molecule has 1 atom stereocenters. The van der Waals surface area contributed by atoms with Crippen molar-refractivity contribution in [2.45, 2.75) is 57.9 Å². The lowest BCUT2D eigenvalue weighted by Crippen LogP contribution is -2.44. The lowest BCUT2D eigenvalue weighted by molar-refractivity contribution is -0.120. The Labute approximate surface area is 149 Å². The van der Waals surface area contributed by atoms with Gasteiger partial charge in [0.25, 0.3) is 5.91 Å². The molecule has 3 N–H and O–H groups in total. The number of carbonyl (C=O) groups excluding carboxylic acids is 2. The van der Waals surface area contributed by atoms with Crippen molar-refractivity contribution in [2.24, 2.45) is 5.73 Å². The summed E-state index contributed by atoms with van der Waals surface area (Å²) >= 11 is 0. The quantitative estimate of drug-likeness (QED) is 0.648. The maximum Gasteiger partial charge on any atom is 0.253 e. The number of nitrogens with two attached hydrogens (primary N) is 1. The van der Waals surface area contributed by atoms with Crippen LogP contribution in [0.25, 0.3) is 10.9 Å². The summed E-state index contributed by atoms with van der Waals surface area (Å²) in [7, 11) is 0. The van der Waals surface area contributed by atoms with E-state index in [1.807, 2.05) is 24.3 Å². The second-order valence-corrected chi connectivity index (χ2v) is 6.40.